The second-order valence-corrected chi connectivity index (χ2v) is 4.33. The molecular weight excluding hydrogens is 212 g/mol. The lowest BCUT2D eigenvalue weighted by molar-refractivity contribution is -0.142. The minimum atomic E-state index is -0.119. The van der Waals surface area contributed by atoms with E-state index in [4.69, 9.17) is 22.7 Å². The van der Waals surface area contributed by atoms with Gasteiger partial charge in [0.2, 0.25) is 0 Å². The van der Waals surface area contributed by atoms with Crippen LogP contribution in [0.3, 0.4) is 0 Å². The number of rotatable bonds is 5. The Morgan fingerprint density at radius 1 is 1.80 bits per heavy atom. The van der Waals surface area contributed by atoms with Crippen LogP contribution in [0.15, 0.2) is 0 Å². The molecule has 0 radical (unpaired) electrons. The molecule has 4 nitrogen and oxygen atoms in total. The van der Waals surface area contributed by atoms with Gasteiger partial charge in [-0.2, -0.15) is 0 Å². The molecule has 1 aliphatic heterocycles. The van der Waals surface area contributed by atoms with Crippen LogP contribution in [-0.4, -0.2) is 41.6 Å². The van der Waals surface area contributed by atoms with Crippen LogP contribution in [0, 0.1) is 5.92 Å². The Bertz CT molecular complexity index is 258. The van der Waals surface area contributed by atoms with E-state index in [1.807, 2.05) is 13.8 Å². The van der Waals surface area contributed by atoms with Crippen molar-refractivity contribution >= 4 is 23.2 Å². The van der Waals surface area contributed by atoms with E-state index >= 15 is 0 Å². The minimum Gasteiger partial charge on any atom is -0.464 e. The Morgan fingerprint density at radius 3 is 2.87 bits per heavy atom. The van der Waals surface area contributed by atoms with Crippen molar-refractivity contribution < 1.29 is 9.53 Å². The van der Waals surface area contributed by atoms with Gasteiger partial charge < -0.3 is 10.5 Å². The zero-order valence-electron chi connectivity index (χ0n) is 9.23. The SMILES string of the molecule is CCN(CC(C)C(N)=S)C1CCOC1=O. The molecule has 0 amide bonds. The Balaban J connectivity index is 2.55. The highest BCUT2D eigenvalue weighted by Gasteiger charge is 2.32. The fourth-order valence-corrected chi connectivity index (χ4v) is 1.81. The van der Waals surface area contributed by atoms with Crippen molar-refractivity contribution in [3.8, 4) is 0 Å². The first-order chi connectivity index (χ1) is 7.06. The van der Waals surface area contributed by atoms with Crippen LogP contribution >= 0.6 is 12.2 Å². The molecule has 1 heterocycles. The van der Waals surface area contributed by atoms with Gasteiger partial charge in [-0.05, 0) is 6.54 Å². The number of ether oxygens (including phenoxy) is 1. The molecule has 2 unspecified atom stereocenters. The number of thiocarbonyl (C=S) groups is 1. The molecular formula is C10H18N2O2S. The zero-order chi connectivity index (χ0) is 11.4. The molecule has 0 aliphatic carbocycles. The topological polar surface area (TPSA) is 55.6 Å². The average Bonchev–Trinajstić information content (AvgIpc) is 2.60. The maximum Gasteiger partial charge on any atom is 0.323 e. The third kappa shape index (κ3) is 3.14. The summed E-state index contributed by atoms with van der Waals surface area (Å²) in [5.41, 5.74) is 5.56. The van der Waals surface area contributed by atoms with Gasteiger partial charge in [-0.3, -0.25) is 9.69 Å². The lowest BCUT2D eigenvalue weighted by Gasteiger charge is -2.27. The molecule has 2 N–H and O–H groups in total. The molecule has 0 aromatic rings. The second-order valence-electron chi connectivity index (χ2n) is 3.86. The highest BCUT2D eigenvalue weighted by molar-refractivity contribution is 7.80. The molecule has 0 aromatic heterocycles. The summed E-state index contributed by atoms with van der Waals surface area (Å²) in [6, 6.07) is -0.105. The van der Waals surface area contributed by atoms with E-state index in [2.05, 4.69) is 4.90 Å². The molecule has 0 bridgehead atoms. The second kappa shape index (κ2) is 5.42. The summed E-state index contributed by atoms with van der Waals surface area (Å²) in [7, 11) is 0. The molecule has 2 atom stereocenters. The van der Waals surface area contributed by atoms with Crippen molar-refractivity contribution in [2.75, 3.05) is 19.7 Å². The molecule has 1 aliphatic rings. The molecule has 1 fully saturated rings. The number of carbonyl (C=O) groups excluding carboxylic acids is 1. The predicted molar refractivity (Wildman–Crippen MR) is 62.6 cm³/mol. The quantitative estimate of drug-likeness (QED) is 0.552. The highest BCUT2D eigenvalue weighted by atomic mass is 32.1. The molecule has 86 valence electrons. The standard InChI is InChI=1S/C10H18N2O2S/c1-3-12(6-7(2)9(11)15)8-4-5-14-10(8)13/h7-8H,3-6H2,1-2H3,(H2,11,15). The molecule has 5 heteroatoms. The van der Waals surface area contributed by atoms with Gasteiger partial charge in [0, 0.05) is 18.9 Å². The maximum atomic E-state index is 11.4. The first-order valence-electron chi connectivity index (χ1n) is 5.26. The summed E-state index contributed by atoms with van der Waals surface area (Å²) >= 11 is 4.92. The van der Waals surface area contributed by atoms with Gasteiger partial charge in [0.05, 0.1) is 11.6 Å². The van der Waals surface area contributed by atoms with E-state index in [0.29, 0.717) is 11.6 Å². The third-order valence-corrected chi connectivity index (χ3v) is 3.15. The van der Waals surface area contributed by atoms with E-state index in [1.165, 1.54) is 0 Å². The number of nitrogens with two attached hydrogens (primary N) is 1. The Kier molecular flexibility index (Phi) is 4.47. The maximum absolute atomic E-state index is 11.4. The van der Waals surface area contributed by atoms with E-state index in [0.717, 1.165) is 19.5 Å². The van der Waals surface area contributed by atoms with Crippen LogP contribution in [0.5, 0.6) is 0 Å². The van der Waals surface area contributed by atoms with E-state index < -0.39 is 0 Å². The van der Waals surface area contributed by atoms with E-state index in [-0.39, 0.29) is 17.9 Å². The summed E-state index contributed by atoms with van der Waals surface area (Å²) in [5, 5.41) is 0. The van der Waals surface area contributed by atoms with Crippen molar-refractivity contribution in [3.63, 3.8) is 0 Å². The molecule has 1 saturated heterocycles. The lowest BCUT2D eigenvalue weighted by atomic mass is 10.1. The molecule has 0 aromatic carbocycles. The summed E-state index contributed by atoms with van der Waals surface area (Å²) in [6.45, 7) is 6.07. The fourth-order valence-electron chi connectivity index (χ4n) is 1.74. The summed E-state index contributed by atoms with van der Waals surface area (Å²) < 4.78 is 4.95. The molecule has 0 spiro atoms. The zero-order valence-corrected chi connectivity index (χ0v) is 10.0. The minimum absolute atomic E-state index is 0.105. The van der Waals surface area contributed by atoms with Gasteiger partial charge >= 0.3 is 5.97 Å². The predicted octanol–water partition coefficient (Wildman–Crippen LogP) is 0.546. The van der Waals surface area contributed by atoms with Crippen LogP contribution in [0.25, 0.3) is 0 Å². The highest BCUT2D eigenvalue weighted by Crippen LogP contribution is 2.15. The van der Waals surface area contributed by atoms with Crippen molar-refractivity contribution in [3.05, 3.63) is 0 Å². The van der Waals surface area contributed by atoms with Gasteiger partial charge in [-0.25, -0.2) is 0 Å². The normalized spacial score (nSPS) is 22.9. The molecule has 0 saturated carbocycles. The van der Waals surface area contributed by atoms with Crippen LogP contribution in [0.1, 0.15) is 20.3 Å². The Morgan fingerprint density at radius 2 is 2.47 bits per heavy atom. The van der Waals surface area contributed by atoms with Crippen molar-refractivity contribution in [2.45, 2.75) is 26.3 Å². The number of esters is 1. The molecule has 15 heavy (non-hydrogen) atoms. The summed E-state index contributed by atoms with van der Waals surface area (Å²) in [5.74, 6) is 0.0142. The van der Waals surface area contributed by atoms with Crippen molar-refractivity contribution in [1.82, 2.24) is 4.90 Å². The Hall–Kier alpha value is -0.680. The van der Waals surface area contributed by atoms with Crippen LogP contribution in [0.2, 0.25) is 0 Å². The van der Waals surface area contributed by atoms with Gasteiger partial charge in [-0.1, -0.05) is 26.1 Å². The smallest absolute Gasteiger partial charge is 0.323 e. The summed E-state index contributed by atoms with van der Waals surface area (Å²) in [6.07, 6.45) is 0.775. The monoisotopic (exact) mass is 230 g/mol. The number of cyclic esters (lactones) is 1. The Labute approximate surface area is 95.8 Å². The van der Waals surface area contributed by atoms with Gasteiger partial charge in [0.15, 0.2) is 0 Å². The first kappa shape index (κ1) is 12.4. The van der Waals surface area contributed by atoms with E-state index in [9.17, 15) is 4.79 Å². The summed E-state index contributed by atoms with van der Waals surface area (Å²) in [4.78, 5) is 14.0. The van der Waals surface area contributed by atoms with Gasteiger partial charge in [-0.15, -0.1) is 0 Å². The number of hydrogen-bond acceptors (Lipinski definition) is 4. The largest absolute Gasteiger partial charge is 0.464 e. The average molecular weight is 230 g/mol. The van der Waals surface area contributed by atoms with Crippen molar-refractivity contribution in [2.24, 2.45) is 11.7 Å². The first-order valence-corrected chi connectivity index (χ1v) is 5.67. The number of likely N-dealkylation sites (N-methyl/N-ethyl adjacent to an activating group) is 1. The third-order valence-electron chi connectivity index (χ3n) is 2.75. The van der Waals surface area contributed by atoms with Crippen LogP contribution in [0.4, 0.5) is 0 Å². The van der Waals surface area contributed by atoms with Crippen molar-refractivity contribution in [1.29, 1.82) is 0 Å². The lowest BCUT2D eigenvalue weighted by Crippen LogP contribution is -2.43. The fraction of sp³-hybridized carbons (Fsp3) is 0.800. The van der Waals surface area contributed by atoms with Gasteiger partial charge in [0.1, 0.15) is 6.04 Å². The van der Waals surface area contributed by atoms with Crippen LogP contribution < -0.4 is 5.73 Å². The number of hydrogen-bond donors (Lipinski definition) is 1. The van der Waals surface area contributed by atoms with E-state index in [1.54, 1.807) is 0 Å². The number of nitrogens with zero attached hydrogens (tertiary/aromatic N) is 1. The van der Waals surface area contributed by atoms with Crippen LogP contribution in [-0.2, 0) is 9.53 Å². The van der Waals surface area contributed by atoms with Gasteiger partial charge in [0.25, 0.3) is 0 Å². The number of carbonyl (C=O) groups is 1. The molecule has 1 rings (SSSR count).